The van der Waals surface area contributed by atoms with Crippen LogP contribution in [0.5, 0.6) is 0 Å². The van der Waals surface area contributed by atoms with Gasteiger partial charge in [0.1, 0.15) is 12.6 Å². The molecule has 190 valence electrons. The smallest absolute Gasteiger partial charge is 0.271 e. The standard InChI is InChI=1S/C24H32N4O6S/c1-16(2)25-24(30)19(5)26(14-20-10-7-17(3)8-11-20)23(29)15-27(35(6,33)34)22-13-21(28(31)32)12-9-18(22)4/h7-13,16,19H,14-15H2,1-6H3,(H,25,30)/t19-/m0/s1. The molecule has 0 radical (unpaired) electrons. The molecule has 35 heavy (non-hydrogen) atoms. The van der Waals surface area contributed by atoms with Gasteiger partial charge in [-0.2, -0.15) is 0 Å². The molecule has 0 aromatic heterocycles. The van der Waals surface area contributed by atoms with Gasteiger partial charge in [0.15, 0.2) is 0 Å². The maximum atomic E-state index is 13.5. The second-order valence-electron chi connectivity index (χ2n) is 8.84. The summed E-state index contributed by atoms with van der Waals surface area (Å²) in [5, 5.41) is 14.0. The third-order valence-electron chi connectivity index (χ3n) is 5.42. The fourth-order valence-electron chi connectivity index (χ4n) is 3.45. The number of nitrogens with one attached hydrogen (secondary N) is 1. The quantitative estimate of drug-likeness (QED) is 0.391. The molecule has 0 saturated heterocycles. The van der Waals surface area contributed by atoms with Gasteiger partial charge in [-0.25, -0.2) is 8.42 Å². The highest BCUT2D eigenvalue weighted by atomic mass is 32.2. The van der Waals surface area contributed by atoms with Crippen LogP contribution in [0.25, 0.3) is 0 Å². The van der Waals surface area contributed by atoms with Gasteiger partial charge in [-0.1, -0.05) is 35.9 Å². The second-order valence-corrected chi connectivity index (χ2v) is 10.8. The lowest BCUT2D eigenvalue weighted by molar-refractivity contribution is -0.384. The molecular weight excluding hydrogens is 472 g/mol. The van der Waals surface area contributed by atoms with Crippen molar-refractivity contribution in [1.29, 1.82) is 0 Å². The molecule has 10 nitrogen and oxygen atoms in total. The van der Waals surface area contributed by atoms with E-state index in [1.54, 1.807) is 27.7 Å². The summed E-state index contributed by atoms with van der Waals surface area (Å²) in [6.07, 6.45) is 0.928. The van der Waals surface area contributed by atoms with E-state index >= 15 is 0 Å². The maximum Gasteiger partial charge on any atom is 0.271 e. The number of sulfonamides is 1. The van der Waals surface area contributed by atoms with E-state index in [2.05, 4.69) is 5.32 Å². The van der Waals surface area contributed by atoms with Crippen molar-refractivity contribution in [3.05, 3.63) is 69.3 Å². The van der Waals surface area contributed by atoms with Crippen LogP contribution < -0.4 is 9.62 Å². The molecule has 1 N–H and O–H groups in total. The fraction of sp³-hybridized carbons (Fsp3) is 0.417. The Kier molecular flexibility index (Phi) is 8.97. The minimum absolute atomic E-state index is 0.0321. The van der Waals surface area contributed by atoms with Crippen molar-refractivity contribution in [2.75, 3.05) is 17.1 Å². The number of aryl methyl sites for hydroxylation is 2. The highest BCUT2D eigenvalue weighted by molar-refractivity contribution is 7.92. The van der Waals surface area contributed by atoms with Crippen LogP contribution in [0.2, 0.25) is 0 Å². The topological polar surface area (TPSA) is 130 Å². The Bertz CT molecular complexity index is 1190. The SMILES string of the molecule is Cc1ccc(CN(C(=O)CN(c2cc([N+](=O)[O-])ccc2C)S(C)(=O)=O)[C@@H](C)C(=O)NC(C)C)cc1. The number of hydrogen-bond donors (Lipinski definition) is 1. The van der Waals surface area contributed by atoms with Crippen molar-refractivity contribution >= 4 is 33.2 Å². The van der Waals surface area contributed by atoms with Gasteiger partial charge in [-0.3, -0.25) is 24.0 Å². The molecule has 0 unspecified atom stereocenters. The van der Waals surface area contributed by atoms with Gasteiger partial charge in [0.25, 0.3) is 5.69 Å². The van der Waals surface area contributed by atoms with E-state index < -0.39 is 33.4 Å². The molecule has 2 aromatic rings. The van der Waals surface area contributed by atoms with Crippen LogP contribution in [0.4, 0.5) is 11.4 Å². The lowest BCUT2D eigenvalue weighted by atomic mass is 10.1. The van der Waals surface area contributed by atoms with Crippen LogP contribution in [0, 0.1) is 24.0 Å². The van der Waals surface area contributed by atoms with E-state index in [1.165, 1.54) is 17.0 Å². The number of carbonyl (C=O) groups is 2. The van der Waals surface area contributed by atoms with Crippen molar-refractivity contribution in [2.24, 2.45) is 0 Å². The Labute approximate surface area is 206 Å². The van der Waals surface area contributed by atoms with Crippen LogP contribution >= 0.6 is 0 Å². The number of nitrogens with zero attached hydrogens (tertiary/aromatic N) is 3. The molecule has 2 rings (SSSR count). The second kappa shape index (κ2) is 11.3. The number of rotatable bonds is 10. The summed E-state index contributed by atoms with van der Waals surface area (Å²) in [6.45, 7) is 8.16. The van der Waals surface area contributed by atoms with Crippen LogP contribution in [-0.2, 0) is 26.2 Å². The highest BCUT2D eigenvalue weighted by Crippen LogP contribution is 2.28. The monoisotopic (exact) mass is 504 g/mol. The van der Waals surface area contributed by atoms with Gasteiger partial charge in [-0.15, -0.1) is 0 Å². The van der Waals surface area contributed by atoms with Crippen LogP contribution in [-0.4, -0.2) is 54.9 Å². The molecule has 0 aliphatic carbocycles. The molecule has 0 saturated carbocycles. The van der Waals surface area contributed by atoms with E-state index in [9.17, 15) is 28.1 Å². The molecule has 11 heteroatoms. The zero-order chi connectivity index (χ0) is 26.5. The van der Waals surface area contributed by atoms with E-state index in [0.29, 0.717) is 5.56 Å². The normalized spacial score (nSPS) is 12.2. The first-order valence-electron chi connectivity index (χ1n) is 11.1. The Hall–Kier alpha value is -3.47. The molecule has 2 aromatic carbocycles. The molecule has 0 spiro atoms. The number of benzene rings is 2. The molecule has 0 fully saturated rings. The van der Waals surface area contributed by atoms with Crippen molar-refractivity contribution < 1.29 is 22.9 Å². The number of nitro benzene ring substituents is 1. The number of anilines is 1. The maximum absolute atomic E-state index is 13.5. The van der Waals surface area contributed by atoms with Gasteiger partial charge in [0.2, 0.25) is 21.8 Å². The molecular formula is C24H32N4O6S. The minimum atomic E-state index is -3.99. The Morgan fingerprint density at radius 3 is 2.17 bits per heavy atom. The van der Waals surface area contributed by atoms with Gasteiger partial charge in [-0.05, 0) is 45.7 Å². The summed E-state index contributed by atoms with van der Waals surface area (Å²) in [5.74, 6) is -0.994. The highest BCUT2D eigenvalue weighted by Gasteiger charge is 2.31. The van der Waals surface area contributed by atoms with Gasteiger partial charge < -0.3 is 10.2 Å². The van der Waals surface area contributed by atoms with Gasteiger partial charge in [0.05, 0.1) is 16.9 Å². The summed E-state index contributed by atoms with van der Waals surface area (Å²) in [4.78, 5) is 38.2. The van der Waals surface area contributed by atoms with Crippen molar-refractivity contribution in [3.8, 4) is 0 Å². The zero-order valence-corrected chi connectivity index (χ0v) is 21.6. The molecule has 0 heterocycles. The van der Waals surface area contributed by atoms with Crippen molar-refractivity contribution in [2.45, 2.75) is 53.2 Å². The van der Waals surface area contributed by atoms with Crippen molar-refractivity contribution in [1.82, 2.24) is 10.2 Å². The average Bonchev–Trinajstić information content (AvgIpc) is 2.75. The summed E-state index contributed by atoms with van der Waals surface area (Å²) in [7, 11) is -3.99. The molecule has 2 amide bonds. The van der Waals surface area contributed by atoms with E-state index in [-0.39, 0.29) is 29.9 Å². The Balaban J connectivity index is 2.47. The number of nitro groups is 1. The van der Waals surface area contributed by atoms with E-state index in [4.69, 9.17) is 0 Å². The predicted octanol–water partition coefficient (Wildman–Crippen LogP) is 2.92. The fourth-order valence-corrected chi connectivity index (χ4v) is 4.35. The number of non-ortho nitro benzene ring substituents is 1. The number of amides is 2. The zero-order valence-electron chi connectivity index (χ0n) is 20.8. The molecule has 0 bridgehead atoms. The number of carbonyl (C=O) groups excluding carboxylic acids is 2. The summed E-state index contributed by atoms with van der Waals surface area (Å²) < 4.78 is 26.2. The summed E-state index contributed by atoms with van der Waals surface area (Å²) in [5.41, 5.74) is 1.98. The molecule has 1 atom stereocenters. The first-order chi connectivity index (χ1) is 16.2. The van der Waals surface area contributed by atoms with E-state index in [1.807, 2.05) is 31.2 Å². The van der Waals surface area contributed by atoms with Crippen molar-refractivity contribution in [3.63, 3.8) is 0 Å². The van der Waals surface area contributed by atoms with Crippen LogP contribution in [0.3, 0.4) is 0 Å². The van der Waals surface area contributed by atoms with E-state index in [0.717, 1.165) is 27.8 Å². The third-order valence-corrected chi connectivity index (χ3v) is 6.55. The van der Waals surface area contributed by atoms with Crippen LogP contribution in [0.15, 0.2) is 42.5 Å². The first-order valence-corrected chi connectivity index (χ1v) is 12.9. The lowest BCUT2D eigenvalue weighted by Crippen LogP contribution is -2.52. The summed E-state index contributed by atoms with van der Waals surface area (Å²) in [6, 6.07) is 10.2. The van der Waals surface area contributed by atoms with Gasteiger partial charge in [0, 0.05) is 24.7 Å². The number of hydrogen-bond acceptors (Lipinski definition) is 6. The minimum Gasteiger partial charge on any atom is -0.352 e. The average molecular weight is 505 g/mol. The molecule has 0 aliphatic rings. The Morgan fingerprint density at radius 2 is 1.66 bits per heavy atom. The van der Waals surface area contributed by atoms with Crippen LogP contribution in [0.1, 0.15) is 37.5 Å². The van der Waals surface area contributed by atoms with Gasteiger partial charge >= 0.3 is 0 Å². The molecule has 0 aliphatic heterocycles. The summed E-state index contributed by atoms with van der Waals surface area (Å²) >= 11 is 0. The predicted molar refractivity (Wildman–Crippen MR) is 134 cm³/mol. The first kappa shape index (κ1) is 27.8. The third kappa shape index (κ3) is 7.51. The largest absolute Gasteiger partial charge is 0.352 e. The Morgan fingerprint density at radius 1 is 1.06 bits per heavy atom. The lowest BCUT2D eigenvalue weighted by Gasteiger charge is -2.32.